The van der Waals surface area contributed by atoms with E-state index >= 15 is 0 Å². The van der Waals surface area contributed by atoms with E-state index in [4.69, 9.17) is 4.74 Å². The fourth-order valence-electron chi connectivity index (χ4n) is 3.81. The number of rotatable bonds is 8. The molecule has 0 aliphatic heterocycles. The maximum Gasteiger partial charge on any atom is 0.416 e. The molecule has 0 aromatic heterocycles. The topological polar surface area (TPSA) is 41.5 Å². The van der Waals surface area contributed by atoms with E-state index in [1.165, 1.54) is 37.4 Å². The van der Waals surface area contributed by atoms with Gasteiger partial charge in [-0.25, -0.2) is 4.39 Å². The zero-order valence-corrected chi connectivity index (χ0v) is 19.6. The van der Waals surface area contributed by atoms with Crippen molar-refractivity contribution in [3.05, 3.63) is 88.7 Å². The van der Waals surface area contributed by atoms with Crippen LogP contribution in [-0.2, 0) is 12.7 Å². The summed E-state index contributed by atoms with van der Waals surface area (Å²) in [6, 6.07) is 14.3. The van der Waals surface area contributed by atoms with Gasteiger partial charge in [0.25, 0.3) is 0 Å². The first-order valence-electron chi connectivity index (χ1n) is 11.1. The maximum atomic E-state index is 13.5. The van der Waals surface area contributed by atoms with Gasteiger partial charge in [-0.2, -0.15) is 13.2 Å². The first-order valence-corrected chi connectivity index (χ1v) is 11.1. The first kappa shape index (κ1) is 25.7. The molecule has 34 heavy (non-hydrogen) atoms. The second-order valence-electron chi connectivity index (χ2n) is 8.65. The van der Waals surface area contributed by atoms with E-state index in [0.717, 1.165) is 17.7 Å². The highest BCUT2D eigenvalue weighted by Gasteiger charge is 2.31. The Morgan fingerprint density at radius 1 is 0.882 bits per heavy atom. The van der Waals surface area contributed by atoms with Crippen molar-refractivity contribution in [2.24, 2.45) is 0 Å². The Labute approximate surface area is 197 Å². The standard InChI is InChI=1S/C27H29F4NO2/c1-16(2)19-7-12-25(34-4)24(14-19)23-11-8-21(27(29,30)31)13-20(23)15-32-17(3)26(33)18-5-9-22(28)10-6-18/h5-14,16-17,26,32-33H,15H2,1-4H3. The number of benzene rings is 3. The number of hydrogen-bond donors (Lipinski definition) is 2. The number of hydrogen-bond acceptors (Lipinski definition) is 3. The monoisotopic (exact) mass is 475 g/mol. The highest BCUT2D eigenvalue weighted by atomic mass is 19.4. The summed E-state index contributed by atoms with van der Waals surface area (Å²) in [4.78, 5) is 0. The van der Waals surface area contributed by atoms with E-state index in [2.05, 4.69) is 5.32 Å². The molecule has 3 nitrogen and oxygen atoms in total. The Hall–Kier alpha value is -2.90. The molecule has 2 atom stereocenters. The van der Waals surface area contributed by atoms with Gasteiger partial charge in [0.2, 0.25) is 0 Å². The Balaban J connectivity index is 1.97. The molecule has 0 spiro atoms. The lowest BCUT2D eigenvalue weighted by atomic mass is 9.92. The summed E-state index contributed by atoms with van der Waals surface area (Å²) in [7, 11) is 1.52. The van der Waals surface area contributed by atoms with Crippen LogP contribution in [0.3, 0.4) is 0 Å². The van der Waals surface area contributed by atoms with E-state index in [9.17, 15) is 22.7 Å². The number of aliphatic hydroxyl groups is 1. The quantitative estimate of drug-likeness (QED) is 0.350. The largest absolute Gasteiger partial charge is 0.496 e. The molecular weight excluding hydrogens is 446 g/mol. The molecule has 2 N–H and O–H groups in total. The molecule has 3 aromatic carbocycles. The third-order valence-corrected chi connectivity index (χ3v) is 5.91. The number of aliphatic hydroxyl groups excluding tert-OH is 1. The van der Waals surface area contributed by atoms with Gasteiger partial charge in [-0.15, -0.1) is 0 Å². The smallest absolute Gasteiger partial charge is 0.416 e. The molecule has 0 saturated heterocycles. The molecule has 0 fully saturated rings. The van der Waals surface area contributed by atoms with E-state index in [1.54, 1.807) is 6.92 Å². The predicted octanol–water partition coefficient (Wildman–Crippen LogP) is 6.86. The van der Waals surface area contributed by atoms with Crippen molar-refractivity contribution in [2.75, 3.05) is 7.11 Å². The van der Waals surface area contributed by atoms with Crippen LogP contribution in [-0.4, -0.2) is 18.3 Å². The molecule has 0 bridgehead atoms. The fourth-order valence-corrected chi connectivity index (χ4v) is 3.81. The van der Waals surface area contributed by atoms with Gasteiger partial charge < -0.3 is 15.2 Å². The fraction of sp³-hybridized carbons (Fsp3) is 0.333. The van der Waals surface area contributed by atoms with Gasteiger partial charge in [-0.05, 0) is 71.5 Å². The highest BCUT2D eigenvalue weighted by Crippen LogP contribution is 2.38. The molecule has 3 aromatic rings. The van der Waals surface area contributed by atoms with Gasteiger partial charge in [-0.1, -0.05) is 38.1 Å². The molecule has 0 radical (unpaired) electrons. The average molecular weight is 476 g/mol. The summed E-state index contributed by atoms with van der Waals surface area (Å²) in [6.45, 7) is 5.88. The van der Waals surface area contributed by atoms with Crippen LogP contribution in [0.1, 0.15) is 55.0 Å². The van der Waals surface area contributed by atoms with Crippen molar-refractivity contribution in [3.63, 3.8) is 0 Å². The van der Waals surface area contributed by atoms with Gasteiger partial charge in [0.1, 0.15) is 11.6 Å². The van der Waals surface area contributed by atoms with Crippen molar-refractivity contribution in [1.29, 1.82) is 0 Å². The molecule has 0 amide bonds. The Morgan fingerprint density at radius 3 is 2.12 bits per heavy atom. The molecule has 7 heteroatoms. The van der Waals surface area contributed by atoms with Crippen LogP contribution in [0.5, 0.6) is 5.75 Å². The average Bonchev–Trinajstić information content (AvgIpc) is 2.81. The van der Waals surface area contributed by atoms with E-state index in [-0.39, 0.29) is 12.5 Å². The van der Waals surface area contributed by atoms with Gasteiger partial charge in [0.15, 0.2) is 0 Å². The lowest BCUT2D eigenvalue weighted by Crippen LogP contribution is -2.32. The number of halogens is 4. The van der Waals surface area contributed by atoms with Crippen molar-refractivity contribution >= 4 is 0 Å². The van der Waals surface area contributed by atoms with Crippen LogP contribution in [0.4, 0.5) is 17.6 Å². The van der Waals surface area contributed by atoms with Crippen LogP contribution >= 0.6 is 0 Å². The van der Waals surface area contributed by atoms with Crippen LogP contribution in [0.15, 0.2) is 60.7 Å². The Morgan fingerprint density at radius 2 is 1.53 bits per heavy atom. The van der Waals surface area contributed by atoms with Crippen molar-refractivity contribution in [2.45, 2.75) is 51.6 Å². The molecular formula is C27H29F4NO2. The summed E-state index contributed by atoms with van der Waals surface area (Å²) in [5.74, 6) is 0.374. The van der Waals surface area contributed by atoms with Gasteiger partial charge in [0, 0.05) is 18.2 Å². The SMILES string of the molecule is COc1ccc(C(C)C)cc1-c1ccc(C(F)(F)F)cc1CNC(C)C(O)c1ccc(F)cc1. The Bertz CT molecular complexity index is 1110. The van der Waals surface area contributed by atoms with Crippen LogP contribution < -0.4 is 10.1 Å². The summed E-state index contributed by atoms with van der Waals surface area (Å²) in [5.41, 5.74) is 2.53. The molecule has 3 rings (SSSR count). The van der Waals surface area contributed by atoms with Crippen molar-refractivity contribution in [1.82, 2.24) is 5.32 Å². The van der Waals surface area contributed by atoms with Crippen LogP contribution in [0.25, 0.3) is 11.1 Å². The molecule has 0 saturated carbocycles. The van der Waals surface area contributed by atoms with Crippen LogP contribution in [0.2, 0.25) is 0 Å². The molecule has 0 heterocycles. The minimum Gasteiger partial charge on any atom is -0.496 e. The van der Waals surface area contributed by atoms with Gasteiger partial charge in [-0.3, -0.25) is 0 Å². The zero-order valence-electron chi connectivity index (χ0n) is 19.6. The lowest BCUT2D eigenvalue weighted by Gasteiger charge is -2.23. The predicted molar refractivity (Wildman–Crippen MR) is 125 cm³/mol. The van der Waals surface area contributed by atoms with Crippen molar-refractivity contribution < 1.29 is 27.4 Å². The molecule has 2 unspecified atom stereocenters. The summed E-state index contributed by atoms with van der Waals surface area (Å²) in [5, 5.41) is 13.7. The van der Waals surface area contributed by atoms with E-state index in [1.807, 2.05) is 32.0 Å². The summed E-state index contributed by atoms with van der Waals surface area (Å²) >= 11 is 0. The first-order chi connectivity index (χ1) is 16.0. The third-order valence-electron chi connectivity index (χ3n) is 5.91. The van der Waals surface area contributed by atoms with E-state index < -0.39 is 29.7 Å². The van der Waals surface area contributed by atoms with Gasteiger partial charge >= 0.3 is 6.18 Å². The molecule has 182 valence electrons. The lowest BCUT2D eigenvalue weighted by molar-refractivity contribution is -0.137. The maximum absolute atomic E-state index is 13.5. The van der Waals surface area contributed by atoms with Gasteiger partial charge in [0.05, 0.1) is 18.8 Å². The zero-order chi connectivity index (χ0) is 25.0. The third kappa shape index (κ3) is 5.96. The second kappa shape index (κ2) is 10.6. The Kier molecular flexibility index (Phi) is 8.00. The minimum absolute atomic E-state index is 0.0771. The normalized spacial score (nSPS) is 13.7. The summed E-state index contributed by atoms with van der Waals surface area (Å²) < 4.78 is 59.2. The van der Waals surface area contributed by atoms with Crippen LogP contribution in [0, 0.1) is 5.82 Å². The number of alkyl halides is 3. The molecule has 0 aliphatic rings. The summed E-state index contributed by atoms with van der Waals surface area (Å²) in [6.07, 6.45) is -5.45. The highest BCUT2D eigenvalue weighted by molar-refractivity contribution is 5.74. The number of ether oxygens (including phenoxy) is 1. The minimum atomic E-state index is -4.49. The second-order valence-corrected chi connectivity index (χ2v) is 8.65. The number of nitrogens with one attached hydrogen (secondary N) is 1. The number of methoxy groups -OCH3 is 1. The molecule has 0 aliphatic carbocycles. The van der Waals surface area contributed by atoms with Crippen molar-refractivity contribution in [3.8, 4) is 16.9 Å². The van der Waals surface area contributed by atoms with E-state index in [0.29, 0.717) is 28.0 Å².